The molecule has 3 rings (SSSR count). The minimum atomic E-state index is 0.717. The number of rotatable bonds is 5. The fraction of sp³-hybridized carbons (Fsp3) is 0.524. The van der Waals surface area contributed by atoms with Crippen molar-refractivity contribution in [2.75, 3.05) is 0 Å². The molecule has 0 heteroatoms. The van der Waals surface area contributed by atoms with E-state index in [0.717, 1.165) is 0 Å². The van der Waals surface area contributed by atoms with Gasteiger partial charge in [-0.25, -0.2) is 0 Å². The summed E-state index contributed by atoms with van der Waals surface area (Å²) in [5.41, 5.74) is 8.46. The molecule has 1 aromatic rings. The topological polar surface area (TPSA) is 0 Å². The minimum absolute atomic E-state index is 0.717. The summed E-state index contributed by atoms with van der Waals surface area (Å²) in [5.74, 6) is 0.717. The maximum absolute atomic E-state index is 2.34. The molecule has 0 spiro atoms. The zero-order valence-corrected chi connectivity index (χ0v) is 13.6. The zero-order chi connectivity index (χ0) is 14.7. The van der Waals surface area contributed by atoms with E-state index < -0.39 is 0 Å². The van der Waals surface area contributed by atoms with E-state index in [0.29, 0.717) is 5.92 Å². The molecule has 0 nitrogen and oxygen atoms in total. The van der Waals surface area contributed by atoms with E-state index in [1.54, 1.807) is 16.7 Å². The zero-order valence-electron chi connectivity index (χ0n) is 13.6. The van der Waals surface area contributed by atoms with E-state index in [9.17, 15) is 0 Å². The van der Waals surface area contributed by atoms with Crippen LogP contribution in [0.1, 0.15) is 70.8 Å². The summed E-state index contributed by atoms with van der Waals surface area (Å²) in [6.45, 7) is 4.66. The molecule has 0 fully saturated rings. The number of hydrogen-bond acceptors (Lipinski definition) is 0. The second kappa shape index (κ2) is 6.64. The van der Waals surface area contributed by atoms with Crippen molar-refractivity contribution in [3.63, 3.8) is 0 Å². The Bertz CT molecular complexity index is 545. The van der Waals surface area contributed by atoms with Crippen molar-refractivity contribution in [3.8, 4) is 0 Å². The van der Waals surface area contributed by atoms with Gasteiger partial charge < -0.3 is 0 Å². The van der Waals surface area contributed by atoms with Gasteiger partial charge in [0, 0.05) is 5.92 Å². The van der Waals surface area contributed by atoms with Crippen LogP contribution < -0.4 is 0 Å². The van der Waals surface area contributed by atoms with Crippen molar-refractivity contribution in [2.45, 2.75) is 65.2 Å². The second-order valence-electron chi connectivity index (χ2n) is 6.56. The molecule has 1 aromatic carbocycles. The first kappa shape index (κ1) is 14.6. The summed E-state index contributed by atoms with van der Waals surface area (Å²) < 4.78 is 0. The maximum atomic E-state index is 2.34. The molecular formula is C21H28. The standard InChI is InChI=1S/C21H28/c1-3-10-19-17-14-8-9-15-18(17)20(11-4-2)21(19)16-12-6-5-7-13-16/h5-7,12-13,19H,3-4,8-11,14-15H2,1-2H3. The lowest BCUT2D eigenvalue weighted by molar-refractivity contribution is 0.595. The normalized spacial score (nSPS) is 21.9. The number of hydrogen-bond donors (Lipinski definition) is 0. The molecule has 0 amide bonds. The predicted molar refractivity (Wildman–Crippen MR) is 92.2 cm³/mol. The highest BCUT2D eigenvalue weighted by molar-refractivity contribution is 5.81. The van der Waals surface area contributed by atoms with Crippen LogP contribution in [0.2, 0.25) is 0 Å². The Morgan fingerprint density at radius 1 is 0.952 bits per heavy atom. The maximum Gasteiger partial charge on any atom is 0.00627 e. The third kappa shape index (κ3) is 2.73. The highest BCUT2D eigenvalue weighted by atomic mass is 14.4. The molecule has 2 aliphatic carbocycles. The van der Waals surface area contributed by atoms with Gasteiger partial charge >= 0.3 is 0 Å². The lowest BCUT2D eigenvalue weighted by Gasteiger charge is -2.22. The first-order valence-corrected chi connectivity index (χ1v) is 8.87. The molecule has 1 atom stereocenters. The Labute approximate surface area is 130 Å². The van der Waals surface area contributed by atoms with Crippen LogP contribution in [0.5, 0.6) is 0 Å². The van der Waals surface area contributed by atoms with Gasteiger partial charge in [0.05, 0.1) is 0 Å². The van der Waals surface area contributed by atoms with Crippen LogP contribution in [0, 0.1) is 5.92 Å². The molecule has 0 bridgehead atoms. The quantitative estimate of drug-likeness (QED) is 0.574. The lowest BCUT2D eigenvalue weighted by Crippen LogP contribution is -2.06. The summed E-state index contributed by atoms with van der Waals surface area (Å²) in [5, 5.41) is 0. The van der Waals surface area contributed by atoms with Crippen LogP contribution >= 0.6 is 0 Å². The first-order chi connectivity index (χ1) is 10.4. The van der Waals surface area contributed by atoms with E-state index in [1.807, 2.05) is 5.57 Å². The predicted octanol–water partition coefficient (Wildman–Crippen LogP) is 6.54. The summed E-state index contributed by atoms with van der Waals surface area (Å²) in [6, 6.07) is 11.2. The summed E-state index contributed by atoms with van der Waals surface area (Å²) in [6.07, 6.45) is 10.6. The molecule has 2 aliphatic rings. The second-order valence-corrected chi connectivity index (χ2v) is 6.56. The number of benzene rings is 1. The highest BCUT2D eigenvalue weighted by Crippen LogP contribution is 2.51. The van der Waals surface area contributed by atoms with Crippen molar-refractivity contribution < 1.29 is 0 Å². The highest BCUT2D eigenvalue weighted by Gasteiger charge is 2.33. The average Bonchev–Trinajstić information content (AvgIpc) is 2.84. The molecule has 0 heterocycles. The molecule has 0 aliphatic heterocycles. The fourth-order valence-electron chi connectivity index (χ4n) is 4.34. The first-order valence-electron chi connectivity index (χ1n) is 8.87. The molecule has 112 valence electrons. The van der Waals surface area contributed by atoms with Gasteiger partial charge in [-0.3, -0.25) is 0 Å². The van der Waals surface area contributed by atoms with E-state index in [4.69, 9.17) is 0 Å². The van der Waals surface area contributed by atoms with Crippen molar-refractivity contribution in [1.82, 2.24) is 0 Å². The molecular weight excluding hydrogens is 252 g/mol. The fourth-order valence-corrected chi connectivity index (χ4v) is 4.34. The van der Waals surface area contributed by atoms with Gasteiger partial charge in [0.25, 0.3) is 0 Å². The van der Waals surface area contributed by atoms with Gasteiger partial charge in [0.1, 0.15) is 0 Å². The molecule has 0 aromatic heterocycles. The molecule has 0 saturated heterocycles. The minimum Gasteiger partial charge on any atom is -0.0653 e. The van der Waals surface area contributed by atoms with Crippen LogP contribution in [-0.2, 0) is 0 Å². The molecule has 21 heavy (non-hydrogen) atoms. The van der Waals surface area contributed by atoms with E-state index in [1.165, 1.54) is 56.9 Å². The van der Waals surface area contributed by atoms with Crippen LogP contribution in [0.15, 0.2) is 47.1 Å². The Morgan fingerprint density at radius 2 is 1.71 bits per heavy atom. The lowest BCUT2D eigenvalue weighted by atomic mass is 9.83. The number of allylic oxidation sites excluding steroid dienone is 4. The summed E-state index contributed by atoms with van der Waals surface area (Å²) in [4.78, 5) is 0. The summed E-state index contributed by atoms with van der Waals surface area (Å²) >= 11 is 0. The van der Waals surface area contributed by atoms with Crippen molar-refractivity contribution in [2.24, 2.45) is 5.92 Å². The van der Waals surface area contributed by atoms with E-state index in [2.05, 4.69) is 44.2 Å². The van der Waals surface area contributed by atoms with Crippen LogP contribution in [0.3, 0.4) is 0 Å². The third-order valence-corrected chi connectivity index (χ3v) is 5.13. The van der Waals surface area contributed by atoms with Gasteiger partial charge in [-0.1, -0.05) is 62.6 Å². The van der Waals surface area contributed by atoms with Gasteiger partial charge in [0.2, 0.25) is 0 Å². The molecule has 0 saturated carbocycles. The van der Waals surface area contributed by atoms with E-state index >= 15 is 0 Å². The van der Waals surface area contributed by atoms with Gasteiger partial charge in [0.15, 0.2) is 0 Å². The monoisotopic (exact) mass is 280 g/mol. The smallest absolute Gasteiger partial charge is 0.00627 e. The van der Waals surface area contributed by atoms with Crippen LogP contribution in [-0.4, -0.2) is 0 Å². The van der Waals surface area contributed by atoms with Crippen molar-refractivity contribution in [3.05, 3.63) is 52.6 Å². The van der Waals surface area contributed by atoms with Crippen LogP contribution in [0.25, 0.3) is 5.57 Å². The van der Waals surface area contributed by atoms with Gasteiger partial charge in [-0.2, -0.15) is 0 Å². The van der Waals surface area contributed by atoms with Crippen molar-refractivity contribution >= 4 is 5.57 Å². The Kier molecular flexibility index (Phi) is 4.63. The Morgan fingerprint density at radius 3 is 2.43 bits per heavy atom. The van der Waals surface area contributed by atoms with Gasteiger partial charge in [-0.15, -0.1) is 0 Å². The Hall–Kier alpha value is -1.30. The average molecular weight is 280 g/mol. The van der Waals surface area contributed by atoms with E-state index in [-0.39, 0.29) is 0 Å². The molecule has 1 unspecified atom stereocenters. The van der Waals surface area contributed by atoms with Crippen LogP contribution in [0.4, 0.5) is 0 Å². The summed E-state index contributed by atoms with van der Waals surface area (Å²) in [7, 11) is 0. The third-order valence-electron chi connectivity index (χ3n) is 5.13. The molecule has 0 radical (unpaired) electrons. The molecule has 0 N–H and O–H groups in total. The van der Waals surface area contributed by atoms with Crippen molar-refractivity contribution in [1.29, 1.82) is 0 Å². The van der Waals surface area contributed by atoms with Gasteiger partial charge in [-0.05, 0) is 60.8 Å². The SMILES string of the molecule is CCCC1=C(c2ccccc2)C(CCC)C2=C1CCCC2. The Balaban J connectivity index is 2.09. The largest absolute Gasteiger partial charge is 0.0653 e.